The van der Waals surface area contributed by atoms with Crippen molar-refractivity contribution in [1.82, 2.24) is 5.32 Å². The highest BCUT2D eigenvalue weighted by Gasteiger charge is 2.36. The molecule has 0 bridgehead atoms. The van der Waals surface area contributed by atoms with Crippen molar-refractivity contribution in [1.29, 1.82) is 0 Å². The van der Waals surface area contributed by atoms with Crippen molar-refractivity contribution >= 4 is 21.8 Å². The van der Waals surface area contributed by atoms with Crippen molar-refractivity contribution in [2.75, 3.05) is 0 Å². The zero-order valence-electron chi connectivity index (χ0n) is 13.3. The van der Waals surface area contributed by atoms with E-state index in [1.165, 1.54) is 18.2 Å². The number of amides is 1. The molecule has 1 saturated carbocycles. The van der Waals surface area contributed by atoms with E-state index in [0.29, 0.717) is 0 Å². The molecule has 0 radical (unpaired) electrons. The Labute approximate surface area is 152 Å². The van der Waals surface area contributed by atoms with Gasteiger partial charge in [0, 0.05) is 16.4 Å². The van der Waals surface area contributed by atoms with Gasteiger partial charge in [-0.1, -0.05) is 52.7 Å². The van der Waals surface area contributed by atoms with Crippen molar-refractivity contribution in [2.24, 2.45) is 0 Å². The van der Waals surface area contributed by atoms with Crippen molar-refractivity contribution in [3.63, 3.8) is 0 Å². The molecular weight excluding hydrogens is 395 g/mol. The molecule has 0 unspecified atom stereocenters. The molecule has 1 fully saturated rings. The summed E-state index contributed by atoms with van der Waals surface area (Å²) in [5.41, 5.74) is -0.148. The van der Waals surface area contributed by atoms with Gasteiger partial charge < -0.3 is 5.32 Å². The second kappa shape index (κ2) is 7.20. The van der Waals surface area contributed by atoms with Gasteiger partial charge in [0.15, 0.2) is 0 Å². The van der Waals surface area contributed by atoms with Crippen LogP contribution in [0.1, 0.15) is 46.7 Å². The molecule has 132 valence electrons. The monoisotopic (exact) mass is 411 g/mol. The lowest BCUT2D eigenvalue weighted by atomic mass is 9.93. The third-order valence-corrected chi connectivity index (χ3v) is 5.34. The quantitative estimate of drug-likeness (QED) is 0.706. The van der Waals surface area contributed by atoms with Gasteiger partial charge in [-0.05, 0) is 36.6 Å². The Morgan fingerprint density at radius 2 is 1.72 bits per heavy atom. The van der Waals surface area contributed by atoms with E-state index in [9.17, 15) is 18.0 Å². The molecule has 1 aliphatic rings. The predicted molar refractivity (Wildman–Crippen MR) is 93.4 cm³/mol. The number of carbonyl (C=O) groups is 1. The van der Waals surface area contributed by atoms with Crippen LogP contribution in [0, 0.1) is 0 Å². The van der Waals surface area contributed by atoms with Crippen LogP contribution in [0.3, 0.4) is 0 Å². The van der Waals surface area contributed by atoms with Crippen LogP contribution in [-0.2, 0) is 6.18 Å². The SMILES string of the molecule is O=C(N[C@H]1CCC[C@@H]1c1ccccc1Br)c1ccccc1C(F)(F)F. The highest BCUT2D eigenvalue weighted by atomic mass is 79.9. The van der Waals surface area contributed by atoms with E-state index in [2.05, 4.69) is 21.2 Å². The average molecular weight is 412 g/mol. The average Bonchev–Trinajstić information content (AvgIpc) is 3.02. The molecule has 1 aliphatic carbocycles. The summed E-state index contributed by atoms with van der Waals surface area (Å²) in [4.78, 5) is 12.5. The van der Waals surface area contributed by atoms with Crippen LogP contribution >= 0.6 is 15.9 Å². The van der Waals surface area contributed by atoms with Crippen LogP contribution in [0.2, 0.25) is 0 Å². The Morgan fingerprint density at radius 1 is 1.04 bits per heavy atom. The Hall–Kier alpha value is -1.82. The summed E-state index contributed by atoms with van der Waals surface area (Å²) in [6, 6.07) is 12.5. The first-order chi connectivity index (χ1) is 11.9. The molecule has 0 aromatic heterocycles. The molecule has 3 rings (SSSR count). The summed E-state index contributed by atoms with van der Waals surface area (Å²) in [5.74, 6) is -0.575. The third kappa shape index (κ3) is 3.89. The molecule has 2 atom stereocenters. The van der Waals surface area contributed by atoms with Gasteiger partial charge in [0.1, 0.15) is 0 Å². The smallest absolute Gasteiger partial charge is 0.349 e. The molecule has 2 aromatic rings. The third-order valence-electron chi connectivity index (χ3n) is 4.61. The summed E-state index contributed by atoms with van der Waals surface area (Å²) in [5, 5.41) is 2.82. The minimum atomic E-state index is -4.55. The van der Waals surface area contributed by atoms with E-state index in [-0.39, 0.29) is 17.5 Å². The second-order valence-electron chi connectivity index (χ2n) is 6.18. The molecule has 1 amide bonds. The van der Waals surface area contributed by atoms with Crippen LogP contribution in [0.5, 0.6) is 0 Å². The lowest BCUT2D eigenvalue weighted by Crippen LogP contribution is -2.37. The van der Waals surface area contributed by atoms with Crippen LogP contribution in [0.15, 0.2) is 53.0 Å². The maximum absolute atomic E-state index is 13.1. The summed E-state index contributed by atoms with van der Waals surface area (Å²) in [6.45, 7) is 0. The van der Waals surface area contributed by atoms with Crippen molar-refractivity contribution in [3.8, 4) is 0 Å². The fourth-order valence-corrected chi connectivity index (χ4v) is 4.03. The summed E-state index contributed by atoms with van der Waals surface area (Å²) in [6.07, 6.45) is -1.97. The maximum Gasteiger partial charge on any atom is 0.417 e. The number of nitrogens with one attached hydrogen (secondary N) is 1. The van der Waals surface area contributed by atoms with E-state index in [1.807, 2.05) is 24.3 Å². The van der Waals surface area contributed by atoms with Gasteiger partial charge >= 0.3 is 6.18 Å². The molecule has 0 spiro atoms. The van der Waals surface area contributed by atoms with Crippen LogP contribution < -0.4 is 5.32 Å². The highest BCUT2D eigenvalue weighted by Crippen LogP contribution is 2.38. The number of rotatable bonds is 3. The zero-order chi connectivity index (χ0) is 18.0. The van der Waals surface area contributed by atoms with Gasteiger partial charge in [-0.2, -0.15) is 13.2 Å². The van der Waals surface area contributed by atoms with Gasteiger partial charge in [0.05, 0.1) is 11.1 Å². The molecule has 1 N–H and O–H groups in total. The molecule has 0 aliphatic heterocycles. The minimum Gasteiger partial charge on any atom is -0.349 e. The lowest BCUT2D eigenvalue weighted by Gasteiger charge is -2.23. The number of benzene rings is 2. The standard InChI is InChI=1S/C19H17BrF3NO/c20-16-10-4-2-6-12(16)13-8-5-11-17(13)24-18(25)14-7-1-3-9-15(14)19(21,22)23/h1-4,6-7,9-10,13,17H,5,8,11H2,(H,24,25)/t13-,17+/m1/s1. The van der Waals surface area contributed by atoms with Crippen LogP contribution in [0.4, 0.5) is 13.2 Å². The minimum absolute atomic E-state index is 0.0950. The van der Waals surface area contributed by atoms with E-state index in [4.69, 9.17) is 0 Å². The number of hydrogen-bond acceptors (Lipinski definition) is 1. The lowest BCUT2D eigenvalue weighted by molar-refractivity contribution is -0.137. The highest BCUT2D eigenvalue weighted by molar-refractivity contribution is 9.10. The van der Waals surface area contributed by atoms with Crippen molar-refractivity contribution < 1.29 is 18.0 Å². The van der Waals surface area contributed by atoms with Crippen LogP contribution in [0.25, 0.3) is 0 Å². The Morgan fingerprint density at radius 3 is 2.44 bits per heavy atom. The van der Waals surface area contributed by atoms with Gasteiger partial charge in [0.25, 0.3) is 5.91 Å². The predicted octanol–water partition coefficient (Wildman–Crippen LogP) is 5.53. The number of carbonyl (C=O) groups excluding carboxylic acids is 1. The van der Waals surface area contributed by atoms with Crippen LogP contribution in [-0.4, -0.2) is 11.9 Å². The fourth-order valence-electron chi connectivity index (χ4n) is 3.46. The first kappa shape index (κ1) is 18.0. The molecule has 25 heavy (non-hydrogen) atoms. The Balaban J connectivity index is 1.83. The molecule has 0 heterocycles. The number of halogens is 4. The van der Waals surface area contributed by atoms with Crippen molar-refractivity contribution in [2.45, 2.75) is 37.4 Å². The van der Waals surface area contributed by atoms with E-state index < -0.39 is 17.6 Å². The molecule has 6 heteroatoms. The number of alkyl halides is 3. The first-order valence-electron chi connectivity index (χ1n) is 8.09. The normalized spacial score (nSPS) is 20.5. The molecule has 2 nitrogen and oxygen atoms in total. The largest absolute Gasteiger partial charge is 0.417 e. The topological polar surface area (TPSA) is 29.1 Å². The maximum atomic E-state index is 13.1. The molecule has 2 aromatic carbocycles. The van der Waals surface area contributed by atoms with E-state index in [1.54, 1.807) is 0 Å². The zero-order valence-corrected chi connectivity index (χ0v) is 14.9. The summed E-state index contributed by atoms with van der Waals surface area (Å²) >= 11 is 3.52. The number of hydrogen-bond donors (Lipinski definition) is 1. The summed E-state index contributed by atoms with van der Waals surface area (Å²) < 4.78 is 40.3. The van der Waals surface area contributed by atoms with E-state index >= 15 is 0 Å². The second-order valence-corrected chi connectivity index (χ2v) is 7.04. The van der Waals surface area contributed by atoms with Gasteiger partial charge in [-0.3, -0.25) is 4.79 Å². The fraction of sp³-hybridized carbons (Fsp3) is 0.316. The van der Waals surface area contributed by atoms with E-state index in [0.717, 1.165) is 35.4 Å². The Bertz CT molecular complexity index is 775. The molecular formula is C19H17BrF3NO. The molecule has 0 saturated heterocycles. The van der Waals surface area contributed by atoms with Gasteiger partial charge in [-0.15, -0.1) is 0 Å². The van der Waals surface area contributed by atoms with Crippen molar-refractivity contribution in [3.05, 3.63) is 69.7 Å². The van der Waals surface area contributed by atoms with Gasteiger partial charge in [0.2, 0.25) is 0 Å². The summed E-state index contributed by atoms with van der Waals surface area (Å²) in [7, 11) is 0. The first-order valence-corrected chi connectivity index (χ1v) is 8.88. The Kier molecular flexibility index (Phi) is 5.18. The van der Waals surface area contributed by atoms with Gasteiger partial charge in [-0.25, -0.2) is 0 Å².